The van der Waals surface area contributed by atoms with E-state index in [2.05, 4.69) is 343 Å². The molecule has 0 aromatic heterocycles. The van der Waals surface area contributed by atoms with Crippen molar-refractivity contribution in [1.82, 2.24) is 0 Å². The maximum Gasteiger partial charge on any atom is -0.00215 e. The summed E-state index contributed by atoms with van der Waals surface area (Å²) in [4.78, 5) is 0. The van der Waals surface area contributed by atoms with Gasteiger partial charge in [-0.05, 0) is 287 Å². The predicted molar refractivity (Wildman–Crippen MR) is 651 cm³/mol. The molecule has 8 fully saturated rings. The maximum atomic E-state index is 2.55. The van der Waals surface area contributed by atoms with E-state index >= 15 is 0 Å². The molecule has 8 aliphatic rings. The van der Waals surface area contributed by atoms with Gasteiger partial charge in [0.1, 0.15) is 0 Å². The summed E-state index contributed by atoms with van der Waals surface area (Å²) in [5.41, 5.74) is 15.4. The van der Waals surface area contributed by atoms with Gasteiger partial charge in [0.05, 0.1) is 0 Å². The molecule has 12 rings (SSSR count). The van der Waals surface area contributed by atoms with Gasteiger partial charge in [-0.1, -0.05) is 625 Å². The molecule has 832 valence electrons. The number of unbranched alkanes of at least 4 members (excludes halogenated alkanes) is 20. The standard InChI is InChI=1S/C22H36.3C20H32.C17H34.3C15H30/c1-20(2,3)15-9-12-18-22(5,19-13-7-6-8-14-19)21(4)16-10-11-17-21;3*1-4-5-6-10-17-20(3,18-13-8-7-9-14-18)19(2)15-11-12-16-19;1-15(2,3)11-7-8-12-16(4,5)17(6)13-9-10-14-17;3*1-5-6-7-8-11-14(2,3)15(4)12-9-10-13-15/h6-8,13-14H,9-12,15-18H2,1-5H3;3*7-9,13-14H,4-6,10-12,15-17H2,1-3H3;7-14H2,1-6H3;3*5-13H2,1-4H3/t22-;3*20-;;;;/m1111..../s1. The van der Waals surface area contributed by atoms with Crippen molar-refractivity contribution in [2.75, 3.05) is 0 Å². The highest BCUT2D eigenvalue weighted by Gasteiger charge is 2.52. The van der Waals surface area contributed by atoms with E-state index in [4.69, 9.17) is 0 Å². The van der Waals surface area contributed by atoms with Gasteiger partial charge in [0, 0.05) is 0 Å². The third kappa shape index (κ3) is 40.0. The highest BCUT2D eigenvalue weighted by atomic mass is 14.6. The Balaban J connectivity index is 0.000000291. The number of rotatable bonds is 50. The average Bonchev–Trinajstić information content (AvgIpc) is 1.48. The van der Waals surface area contributed by atoms with Crippen molar-refractivity contribution in [3.63, 3.8) is 0 Å². The highest BCUT2D eigenvalue weighted by molar-refractivity contribution is 5.32. The number of hydrogen-bond donors (Lipinski definition) is 0. The number of hydrogen-bond acceptors (Lipinski definition) is 0. The van der Waals surface area contributed by atoms with Crippen LogP contribution in [0, 0.1) is 75.8 Å². The van der Waals surface area contributed by atoms with E-state index in [9.17, 15) is 0 Å². The van der Waals surface area contributed by atoms with E-state index < -0.39 is 0 Å². The third-order valence-electron chi connectivity index (χ3n) is 44.6. The molecule has 0 nitrogen and oxygen atoms in total. The van der Waals surface area contributed by atoms with Crippen LogP contribution in [0.15, 0.2) is 121 Å². The fourth-order valence-electron chi connectivity index (χ4n) is 29.8. The van der Waals surface area contributed by atoms with Crippen molar-refractivity contribution in [1.29, 1.82) is 0 Å². The molecule has 4 atom stereocenters. The molecule has 0 N–H and O–H groups in total. The van der Waals surface area contributed by atoms with E-state index in [1.165, 1.54) is 449 Å². The van der Waals surface area contributed by atoms with Crippen LogP contribution < -0.4 is 0 Å². The Kier molecular flexibility index (Phi) is 57.5. The predicted octanol–water partition coefficient (Wildman–Crippen LogP) is 49.5. The third-order valence-corrected chi connectivity index (χ3v) is 44.6. The Morgan fingerprint density at radius 2 is 0.278 bits per heavy atom. The minimum atomic E-state index is 0.336. The molecule has 0 bridgehead atoms. The van der Waals surface area contributed by atoms with Gasteiger partial charge in [0.2, 0.25) is 0 Å². The Hall–Kier alpha value is -3.12. The van der Waals surface area contributed by atoms with Crippen LogP contribution in [0.1, 0.15) is 693 Å². The molecule has 0 unspecified atom stereocenters. The molecule has 144 heavy (non-hydrogen) atoms. The average molecular weight is 1990 g/mol. The molecular formula is C144H256. The first-order chi connectivity index (χ1) is 67.9. The largest absolute Gasteiger partial charge is 0.0654 e. The first-order valence-corrected chi connectivity index (χ1v) is 64.1. The molecule has 0 heterocycles. The molecule has 4 aromatic carbocycles. The van der Waals surface area contributed by atoms with Gasteiger partial charge in [-0.15, -0.1) is 0 Å². The minimum absolute atomic E-state index is 0.336. The van der Waals surface area contributed by atoms with Crippen molar-refractivity contribution in [3.05, 3.63) is 144 Å². The lowest BCUT2D eigenvalue weighted by atomic mass is 9.59. The molecular weight excluding hydrogens is 1730 g/mol. The summed E-state index contributed by atoms with van der Waals surface area (Å²) in [6.45, 7) is 78.5. The van der Waals surface area contributed by atoms with E-state index in [1.807, 2.05) is 0 Å². The van der Waals surface area contributed by atoms with Crippen LogP contribution in [0.2, 0.25) is 0 Å². The Bertz CT molecular complexity index is 3540. The molecule has 8 saturated carbocycles. The lowest BCUT2D eigenvalue weighted by Gasteiger charge is -2.45. The van der Waals surface area contributed by atoms with Crippen LogP contribution >= 0.6 is 0 Å². The second-order valence-corrected chi connectivity index (χ2v) is 58.9. The second kappa shape index (κ2) is 63.0. The summed E-state index contributed by atoms with van der Waals surface area (Å²) < 4.78 is 0. The fourth-order valence-corrected chi connectivity index (χ4v) is 29.8. The zero-order chi connectivity index (χ0) is 107. The van der Waals surface area contributed by atoms with Crippen molar-refractivity contribution < 1.29 is 0 Å². The van der Waals surface area contributed by atoms with Crippen molar-refractivity contribution in [2.45, 2.75) is 693 Å². The first kappa shape index (κ1) is 131. The Morgan fingerprint density at radius 1 is 0.153 bits per heavy atom. The van der Waals surface area contributed by atoms with Crippen LogP contribution in [0.5, 0.6) is 0 Å². The highest BCUT2D eigenvalue weighted by Crippen LogP contribution is 2.62. The van der Waals surface area contributed by atoms with Gasteiger partial charge in [-0.3, -0.25) is 0 Å². The van der Waals surface area contributed by atoms with Gasteiger partial charge in [-0.25, -0.2) is 0 Å². The first-order valence-electron chi connectivity index (χ1n) is 64.1. The van der Waals surface area contributed by atoms with Gasteiger partial charge >= 0.3 is 0 Å². The SMILES string of the molecule is CC(C)(C)CCCCC(C)(C)C1(C)CCCC1.CC(C)(C)CCCC[C@](C)(c1ccccc1)C1(C)CCCC1.CCCCCCC(C)(C)C1(C)CCCC1.CCCCCCC(C)(C)C1(C)CCCC1.CCCCCCC(C)(C)C1(C)CCCC1.CCCCCC[C@](C)(c1ccccc1)C1(C)CCCC1.CCCCCC[C@](C)(c1ccccc1)C1(C)CCCC1.CCCCCC[C@](C)(c1ccccc1)C1(C)CCCC1. The van der Waals surface area contributed by atoms with Crippen LogP contribution in [-0.4, -0.2) is 0 Å². The summed E-state index contributed by atoms with van der Waals surface area (Å²) in [5.74, 6) is 0. The quantitative estimate of drug-likeness (QED) is 0.0387. The van der Waals surface area contributed by atoms with Crippen LogP contribution in [-0.2, 0) is 21.7 Å². The van der Waals surface area contributed by atoms with Crippen molar-refractivity contribution >= 4 is 0 Å². The Labute approximate surface area is 905 Å². The van der Waals surface area contributed by atoms with Gasteiger partial charge in [0.15, 0.2) is 0 Å². The summed E-state index contributed by atoms with van der Waals surface area (Å²) in [6.07, 6.45) is 99.0. The van der Waals surface area contributed by atoms with Gasteiger partial charge in [-0.2, -0.15) is 0 Å². The van der Waals surface area contributed by atoms with Crippen LogP contribution in [0.3, 0.4) is 0 Å². The summed E-state index contributed by atoms with van der Waals surface area (Å²) in [7, 11) is 0. The fraction of sp³-hybridized carbons (Fsp3) is 0.833. The smallest absolute Gasteiger partial charge is 0.00215 e. The summed E-state index contributed by atoms with van der Waals surface area (Å²) in [5, 5.41) is 0. The van der Waals surface area contributed by atoms with Crippen LogP contribution in [0.4, 0.5) is 0 Å². The Morgan fingerprint density at radius 3 is 0.424 bits per heavy atom. The van der Waals surface area contributed by atoms with E-state index in [0.717, 1.165) is 0 Å². The lowest BCUT2D eigenvalue weighted by Crippen LogP contribution is -2.39. The zero-order valence-electron chi connectivity index (χ0n) is 104. The number of benzene rings is 4. The lowest BCUT2D eigenvalue weighted by molar-refractivity contribution is 0.0810. The van der Waals surface area contributed by atoms with Crippen LogP contribution in [0.25, 0.3) is 0 Å². The summed E-state index contributed by atoms with van der Waals surface area (Å²) >= 11 is 0. The molecule has 0 aliphatic heterocycles. The van der Waals surface area contributed by atoms with Crippen molar-refractivity contribution in [3.8, 4) is 0 Å². The van der Waals surface area contributed by atoms with Crippen molar-refractivity contribution in [2.24, 2.45) is 75.8 Å². The van der Waals surface area contributed by atoms with Gasteiger partial charge < -0.3 is 0 Å². The molecule has 0 spiro atoms. The minimum Gasteiger partial charge on any atom is -0.0654 e. The monoisotopic (exact) mass is 1990 g/mol. The maximum absolute atomic E-state index is 2.55. The molecule has 0 saturated heterocycles. The van der Waals surface area contributed by atoms with E-state index in [1.54, 1.807) is 22.3 Å². The molecule has 0 radical (unpaired) electrons. The normalized spacial score (nSPS) is 20.8. The van der Waals surface area contributed by atoms with E-state index in [-0.39, 0.29) is 0 Å². The molecule has 8 aliphatic carbocycles. The zero-order valence-corrected chi connectivity index (χ0v) is 104. The van der Waals surface area contributed by atoms with E-state index in [0.29, 0.717) is 97.5 Å². The molecule has 4 aromatic rings. The molecule has 0 amide bonds. The second-order valence-electron chi connectivity index (χ2n) is 58.9. The summed E-state index contributed by atoms with van der Waals surface area (Å²) in [6, 6.07) is 45.3. The molecule has 0 heteroatoms. The topological polar surface area (TPSA) is 0 Å². The van der Waals surface area contributed by atoms with Gasteiger partial charge in [0.25, 0.3) is 0 Å².